The number of carbonyl (C=O) groups excluding carboxylic acids is 2. The first kappa shape index (κ1) is 41.1. The number of benzene rings is 1. The molecule has 3 N–H and O–H groups in total. The van der Waals surface area contributed by atoms with Crippen molar-refractivity contribution >= 4 is 82.7 Å². The Morgan fingerprint density at radius 3 is 2.14 bits per heavy atom. The number of aromatic nitrogens is 7. The first-order chi connectivity index (χ1) is 26.7. The molecule has 298 valence electrons. The van der Waals surface area contributed by atoms with E-state index in [1.54, 1.807) is 62.8 Å². The zero-order valence-electron chi connectivity index (χ0n) is 33.5. The average molecular weight is 815 g/mol. The van der Waals surface area contributed by atoms with E-state index in [0.29, 0.717) is 42.7 Å². The molecule has 2 amide bonds. The number of thiazole rings is 1. The number of ether oxygens (including phenoxy) is 2. The largest absolute Gasteiger partial charge is 0.396 e. The van der Waals surface area contributed by atoms with Gasteiger partial charge in [0.2, 0.25) is 0 Å². The van der Waals surface area contributed by atoms with Crippen molar-refractivity contribution in [1.29, 1.82) is 0 Å². The highest BCUT2D eigenvalue weighted by Gasteiger charge is 2.35. The molecule has 56 heavy (non-hydrogen) atoms. The molecule has 0 spiro atoms. The number of piperidine rings is 1. The van der Waals surface area contributed by atoms with Gasteiger partial charge in [0.1, 0.15) is 13.5 Å². The summed E-state index contributed by atoms with van der Waals surface area (Å²) in [6, 6.07) is 8.16. The van der Waals surface area contributed by atoms with Gasteiger partial charge in [0.15, 0.2) is 0 Å². The summed E-state index contributed by atoms with van der Waals surface area (Å²) >= 11 is 1.59. The minimum Gasteiger partial charge on any atom is -0.396 e. The zero-order valence-corrected chi connectivity index (χ0v) is 36.3. The van der Waals surface area contributed by atoms with Crippen LogP contribution in [0, 0.1) is 5.92 Å². The summed E-state index contributed by atoms with van der Waals surface area (Å²) in [4.78, 5) is 41.3. The average Bonchev–Trinajstić information content (AvgIpc) is 3.90. The van der Waals surface area contributed by atoms with Crippen molar-refractivity contribution in [3.05, 3.63) is 66.5 Å². The van der Waals surface area contributed by atoms with Crippen LogP contribution in [0.5, 0.6) is 0 Å². The number of anilines is 2. The van der Waals surface area contributed by atoms with E-state index in [2.05, 4.69) is 76.7 Å². The molecule has 1 saturated heterocycles. The molecule has 0 aliphatic carbocycles. The zero-order chi connectivity index (χ0) is 40.0. The summed E-state index contributed by atoms with van der Waals surface area (Å²) < 4.78 is 16.2. The highest BCUT2D eigenvalue weighted by atomic mass is 32.1. The topological polar surface area (TPSA) is 168 Å². The summed E-state index contributed by atoms with van der Waals surface area (Å²) in [5, 5.41) is 13.2. The fraction of sp³-hybridized carbons (Fsp3) is 0.462. The normalized spacial score (nSPS) is 16.3. The molecule has 0 unspecified atom stereocenters. The maximum Gasteiger partial charge on any atom is 0.314 e. The highest BCUT2D eigenvalue weighted by Crippen LogP contribution is 2.35. The van der Waals surface area contributed by atoms with Gasteiger partial charge in [-0.1, -0.05) is 52.3 Å². The molecule has 1 aliphatic heterocycles. The number of rotatable bonds is 12. The SMILES string of the molecule is C[C@H]1CC[C@H](c2ccc3scnc3c2)N(C(=O)C(=O)Nc2cncc3cnn(COCC[Si](C)(C)C)c23)C1.C[Si](C)(C)CCOCn1ncc2cncc(N)c21. The van der Waals surface area contributed by atoms with Gasteiger partial charge >= 0.3 is 11.8 Å². The van der Waals surface area contributed by atoms with Gasteiger partial charge in [0, 0.05) is 59.1 Å². The third-order valence-corrected chi connectivity index (χ3v) is 14.0. The first-order valence-electron chi connectivity index (χ1n) is 19.1. The number of likely N-dealkylation sites (tertiary alicyclic amines) is 1. The van der Waals surface area contributed by atoms with Gasteiger partial charge in [-0.3, -0.25) is 19.6 Å². The van der Waals surface area contributed by atoms with E-state index in [9.17, 15) is 9.59 Å². The lowest BCUT2D eigenvalue weighted by atomic mass is 9.89. The van der Waals surface area contributed by atoms with Gasteiger partial charge in [0.05, 0.1) is 69.0 Å². The van der Waals surface area contributed by atoms with Gasteiger partial charge in [-0.2, -0.15) is 10.2 Å². The molecule has 1 aromatic carbocycles. The van der Waals surface area contributed by atoms with E-state index in [4.69, 9.17) is 15.2 Å². The van der Waals surface area contributed by atoms with E-state index in [-0.39, 0.29) is 12.8 Å². The summed E-state index contributed by atoms with van der Waals surface area (Å²) in [7, 11) is -2.24. The second-order valence-electron chi connectivity index (χ2n) is 17.0. The number of hydrogen-bond donors (Lipinski definition) is 2. The summed E-state index contributed by atoms with van der Waals surface area (Å²) in [5.41, 5.74) is 12.3. The van der Waals surface area contributed by atoms with Crippen LogP contribution in [-0.4, -0.2) is 87.1 Å². The van der Waals surface area contributed by atoms with Crippen LogP contribution in [-0.2, 0) is 32.5 Å². The van der Waals surface area contributed by atoms with Gasteiger partial charge in [-0.25, -0.2) is 14.3 Å². The van der Waals surface area contributed by atoms with Crippen LogP contribution in [0.4, 0.5) is 11.4 Å². The number of pyridine rings is 2. The molecular formula is C39H54N10O4SSi2. The lowest BCUT2D eigenvalue weighted by molar-refractivity contribution is -0.146. The van der Waals surface area contributed by atoms with Crippen LogP contribution in [0.1, 0.15) is 31.4 Å². The monoisotopic (exact) mass is 814 g/mol. The molecule has 14 nitrogen and oxygen atoms in total. The van der Waals surface area contributed by atoms with Gasteiger partial charge in [-0.15, -0.1) is 11.3 Å². The summed E-state index contributed by atoms with van der Waals surface area (Å²) in [6.07, 6.45) is 11.9. The number of nitrogens with one attached hydrogen (secondary N) is 1. The molecule has 0 bridgehead atoms. The van der Waals surface area contributed by atoms with E-state index < -0.39 is 28.0 Å². The molecule has 1 fully saturated rings. The number of fused-ring (bicyclic) bond motifs is 3. The molecule has 6 aromatic rings. The third-order valence-electron chi connectivity index (χ3n) is 9.79. The Morgan fingerprint density at radius 1 is 0.857 bits per heavy atom. The quantitative estimate of drug-likeness (QED) is 0.0713. The fourth-order valence-corrected chi connectivity index (χ4v) is 8.74. The highest BCUT2D eigenvalue weighted by molar-refractivity contribution is 7.16. The van der Waals surface area contributed by atoms with Crippen molar-refractivity contribution in [2.24, 2.45) is 5.92 Å². The molecule has 2 atom stereocenters. The lowest BCUT2D eigenvalue weighted by Gasteiger charge is -2.38. The minimum atomic E-state index is -1.21. The smallest absolute Gasteiger partial charge is 0.314 e. The standard InChI is InChI=1S/C27H34N6O3SSi.C12H20N4OSi/c1-18-5-7-23(19-6-8-24-21(11-19)29-16-37-24)32(15-18)27(35)26(34)31-22-14-28-12-20-13-30-33(25(20)22)17-36-9-10-38(2,3)4;1-18(2,3)5-4-17-9-16-12-10(7-15-16)6-14-8-11(12)13/h6,8,11-14,16,18,23H,5,7,9-10,15,17H2,1-4H3,(H,31,34);6-8H,4-5,9,13H2,1-3H3/t18-,23+;/m0./s1. The van der Waals surface area contributed by atoms with Gasteiger partial charge < -0.3 is 25.4 Å². The Balaban J connectivity index is 0.000000247. The maximum absolute atomic E-state index is 13.5. The third kappa shape index (κ3) is 10.4. The molecule has 0 radical (unpaired) electrons. The van der Waals surface area contributed by atoms with Crippen molar-refractivity contribution < 1.29 is 19.1 Å². The van der Waals surface area contributed by atoms with Crippen LogP contribution >= 0.6 is 11.3 Å². The van der Waals surface area contributed by atoms with Crippen LogP contribution in [0.2, 0.25) is 51.4 Å². The number of nitrogens with zero attached hydrogens (tertiary/aromatic N) is 8. The number of nitrogen functional groups attached to an aromatic ring is 1. The summed E-state index contributed by atoms with van der Waals surface area (Å²) in [5.74, 6) is -0.916. The van der Waals surface area contributed by atoms with E-state index >= 15 is 0 Å². The maximum atomic E-state index is 13.5. The van der Waals surface area contributed by atoms with E-state index in [0.717, 1.165) is 63.6 Å². The molecular weight excluding hydrogens is 761 g/mol. The van der Waals surface area contributed by atoms with Gasteiger partial charge in [0.25, 0.3) is 0 Å². The molecule has 7 rings (SSSR count). The molecule has 0 saturated carbocycles. The fourth-order valence-electron chi connectivity index (χ4n) is 6.57. The number of amides is 2. The number of hydrogen-bond acceptors (Lipinski definition) is 11. The predicted octanol–water partition coefficient (Wildman–Crippen LogP) is 7.62. The Kier molecular flexibility index (Phi) is 13.0. The number of carbonyl (C=O) groups is 2. The van der Waals surface area contributed by atoms with Crippen molar-refractivity contribution in [3.63, 3.8) is 0 Å². The predicted molar refractivity (Wildman–Crippen MR) is 229 cm³/mol. The number of nitrogens with two attached hydrogens (primary N) is 1. The van der Waals surface area contributed by atoms with Crippen LogP contribution in [0.15, 0.2) is 60.9 Å². The Bertz CT molecular complexity index is 2280. The first-order valence-corrected chi connectivity index (χ1v) is 27.4. The van der Waals surface area contributed by atoms with Crippen molar-refractivity contribution in [1.82, 2.24) is 39.4 Å². The molecule has 6 heterocycles. The Morgan fingerprint density at radius 2 is 1.48 bits per heavy atom. The van der Waals surface area contributed by atoms with E-state index in [1.807, 2.05) is 23.7 Å². The molecule has 17 heteroatoms. The minimum absolute atomic E-state index is 0.172. The van der Waals surface area contributed by atoms with Crippen LogP contribution in [0.3, 0.4) is 0 Å². The second kappa shape index (κ2) is 17.7. The van der Waals surface area contributed by atoms with Crippen molar-refractivity contribution in [2.75, 3.05) is 30.8 Å². The van der Waals surface area contributed by atoms with Crippen LogP contribution < -0.4 is 11.1 Å². The Hall–Kier alpha value is -4.56. The second-order valence-corrected chi connectivity index (χ2v) is 29.1. The van der Waals surface area contributed by atoms with E-state index in [1.165, 1.54) is 0 Å². The lowest BCUT2D eigenvalue weighted by Crippen LogP contribution is -2.46. The molecule has 1 aliphatic rings. The summed E-state index contributed by atoms with van der Waals surface area (Å²) in [6.45, 7) is 18.7. The molecule has 5 aromatic heterocycles. The Labute approximate surface area is 333 Å². The van der Waals surface area contributed by atoms with Crippen molar-refractivity contribution in [3.8, 4) is 0 Å². The van der Waals surface area contributed by atoms with Crippen molar-refractivity contribution in [2.45, 2.75) is 90.6 Å². The van der Waals surface area contributed by atoms with Gasteiger partial charge in [-0.05, 0) is 48.5 Å². The van der Waals surface area contributed by atoms with Crippen LogP contribution in [0.25, 0.3) is 32.0 Å².